The van der Waals surface area contributed by atoms with Crippen LogP contribution in [-0.2, 0) is 11.2 Å². The number of benzene rings is 1. The van der Waals surface area contributed by atoms with Crippen LogP contribution in [0.3, 0.4) is 0 Å². The molecule has 1 aliphatic rings. The van der Waals surface area contributed by atoms with Gasteiger partial charge in [-0.1, -0.05) is 17.7 Å². The van der Waals surface area contributed by atoms with Gasteiger partial charge in [0.1, 0.15) is 5.75 Å². The number of rotatable bonds is 10. The molecule has 2 rings (SSSR count). The molecule has 1 saturated heterocycles. The molecule has 0 aromatic heterocycles. The van der Waals surface area contributed by atoms with Gasteiger partial charge in [0.15, 0.2) is 5.96 Å². The Morgan fingerprint density at radius 3 is 2.71 bits per heavy atom. The van der Waals surface area contributed by atoms with Gasteiger partial charge in [0.25, 0.3) is 0 Å². The van der Waals surface area contributed by atoms with Gasteiger partial charge in [-0.15, -0.1) is 24.0 Å². The Hall–Kier alpha value is -1.06. The number of aliphatic imine (C=N–C) groups is 1. The van der Waals surface area contributed by atoms with E-state index in [1.807, 2.05) is 6.07 Å². The second kappa shape index (κ2) is 14.9. The Kier molecular flexibility index (Phi) is 13.3. The quantitative estimate of drug-likeness (QED) is 0.222. The van der Waals surface area contributed by atoms with E-state index in [0.717, 1.165) is 77.0 Å². The topological polar surface area (TPSA) is 58.1 Å². The summed E-state index contributed by atoms with van der Waals surface area (Å²) in [6.45, 7) is 11.8. The van der Waals surface area contributed by atoms with Crippen LogP contribution in [0.2, 0.25) is 0 Å². The number of halogens is 1. The first-order valence-electron chi connectivity index (χ1n) is 10.2. The number of unbranched alkanes of at least 4 members (excludes halogenated alkanes) is 1. The average Bonchev–Trinajstić information content (AvgIpc) is 2.68. The van der Waals surface area contributed by atoms with E-state index in [0.29, 0.717) is 0 Å². The van der Waals surface area contributed by atoms with E-state index >= 15 is 0 Å². The van der Waals surface area contributed by atoms with Crippen molar-refractivity contribution in [3.05, 3.63) is 29.3 Å². The van der Waals surface area contributed by atoms with E-state index in [1.54, 1.807) is 7.11 Å². The van der Waals surface area contributed by atoms with Gasteiger partial charge < -0.3 is 20.1 Å². The van der Waals surface area contributed by atoms with Gasteiger partial charge in [-0.3, -0.25) is 9.89 Å². The second-order valence-electron chi connectivity index (χ2n) is 6.91. The Labute approximate surface area is 187 Å². The van der Waals surface area contributed by atoms with Crippen molar-refractivity contribution in [2.24, 2.45) is 4.99 Å². The third-order valence-corrected chi connectivity index (χ3v) is 4.72. The maximum absolute atomic E-state index is 5.46. The monoisotopic (exact) mass is 504 g/mol. The van der Waals surface area contributed by atoms with Crippen molar-refractivity contribution < 1.29 is 9.47 Å². The van der Waals surface area contributed by atoms with Crippen LogP contribution in [0.25, 0.3) is 0 Å². The van der Waals surface area contributed by atoms with Gasteiger partial charge in [-0.25, -0.2) is 0 Å². The van der Waals surface area contributed by atoms with Crippen molar-refractivity contribution in [1.82, 2.24) is 15.5 Å². The molecule has 1 aromatic rings. The average molecular weight is 504 g/mol. The summed E-state index contributed by atoms with van der Waals surface area (Å²) >= 11 is 0. The molecule has 0 spiro atoms. The van der Waals surface area contributed by atoms with E-state index < -0.39 is 0 Å². The molecule has 0 aliphatic carbocycles. The fourth-order valence-electron chi connectivity index (χ4n) is 3.22. The number of nitrogens with one attached hydrogen (secondary N) is 2. The standard InChI is InChI=1S/C21H36N4O2.HI/c1-4-22-21(23-10-5-6-12-25-13-15-27-16-14-25)24-11-9-19-17-18(2)7-8-20(19)26-3;/h7-8,17H,4-6,9-16H2,1-3H3,(H2,22,23,24);1H. The van der Waals surface area contributed by atoms with Crippen LogP contribution in [-0.4, -0.2) is 70.5 Å². The minimum atomic E-state index is 0. The number of hydrogen-bond donors (Lipinski definition) is 2. The zero-order valence-electron chi connectivity index (χ0n) is 17.6. The maximum Gasteiger partial charge on any atom is 0.191 e. The molecular formula is C21H37IN4O2. The van der Waals surface area contributed by atoms with Crippen LogP contribution in [0.15, 0.2) is 23.2 Å². The highest BCUT2D eigenvalue weighted by Crippen LogP contribution is 2.19. The second-order valence-corrected chi connectivity index (χ2v) is 6.91. The van der Waals surface area contributed by atoms with Crippen LogP contribution in [0, 0.1) is 6.92 Å². The number of ether oxygens (including phenoxy) is 2. The Morgan fingerprint density at radius 2 is 2.00 bits per heavy atom. The summed E-state index contributed by atoms with van der Waals surface area (Å²) in [5, 5.41) is 6.77. The minimum absolute atomic E-state index is 0. The van der Waals surface area contributed by atoms with Crippen LogP contribution < -0.4 is 15.4 Å². The number of aryl methyl sites for hydroxylation is 1. The Morgan fingerprint density at radius 1 is 1.21 bits per heavy atom. The minimum Gasteiger partial charge on any atom is -0.496 e. The summed E-state index contributed by atoms with van der Waals surface area (Å²) < 4.78 is 10.8. The molecule has 1 aromatic carbocycles. The molecule has 0 atom stereocenters. The zero-order chi connectivity index (χ0) is 19.3. The highest BCUT2D eigenvalue weighted by atomic mass is 127. The summed E-state index contributed by atoms with van der Waals surface area (Å²) in [6, 6.07) is 6.31. The molecule has 28 heavy (non-hydrogen) atoms. The molecule has 160 valence electrons. The van der Waals surface area contributed by atoms with E-state index in [4.69, 9.17) is 14.5 Å². The third-order valence-electron chi connectivity index (χ3n) is 4.72. The molecular weight excluding hydrogens is 467 g/mol. The molecule has 0 bridgehead atoms. The first-order valence-corrected chi connectivity index (χ1v) is 10.2. The van der Waals surface area contributed by atoms with E-state index in [9.17, 15) is 0 Å². The summed E-state index contributed by atoms with van der Waals surface area (Å²) in [5.41, 5.74) is 2.48. The van der Waals surface area contributed by atoms with Gasteiger partial charge >= 0.3 is 0 Å². The smallest absolute Gasteiger partial charge is 0.191 e. The molecule has 0 radical (unpaired) electrons. The molecule has 1 aliphatic heterocycles. The van der Waals surface area contributed by atoms with Crippen LogP contribution >= 0.6 is 24.0 Å². The molecule has 0 amide bonds. The molecule has 0 unspecified atom stereocenters. The zero-order valence-corrected chi connectivity index (χ0v) is 20.0. The lowest BCUT2D eigenvalue weighted by Gasteiger charge is -2.26. The number of guanidine groups is 1. The van der Waals surface area contributed by atoms with Crippen LogP contribution in [0.5, 0.6) is 5.75 Å². The normalized spacial score (nSPS) is 15.0. The highest BCUT2D eigenvalue weighted by Gasteiger charge is 2.09. The predicted molar refractivity (Wildman–Crippen MR) is 127 cm³/mol. The molecule has 7 heteroatoms. The van der Waals surface area contributed by atoms with Crippen molar-refractivity contribution in [2.75, 3.05) is 59.6 Å². The van der Waals surface area contributed by atoms with Gasteiger partial charge in [-0.05, 0) is 51.3 Å². The third kappa shape index (κ3) is 9.43. The fraction of sp³-hybridized carbons (Fsp3) is 0.667. The van der Waals surface area contributed by atoms with Gasteiger partial charge in [0.05, 0.1) is 20.3 Å². The fourth-order valence-corrected chi connectivity index (χ4v) is 3.22. The predicted octanol–water partition coefficient (Wildman–Crippen LogP) is 2.83. The van der Waals surface area contributed by atoms with Gasteiger partial charge in [0, 0.05) is 32.7 Å². The van der Waals surface area contributed by atoms with E-state index in [-0.39, 0.29) is 24.0 Å². The van der Waals surface area contributed by atoms with Crippen molar-refractivity contribution in [2.45, 2.75) is 33.1 Å². The van der Waals surface area contributed by atoms with Gasteiger partial charge in [0.2, 0.25) is 0 Å². The SMILES string of the molecule is CCNC(=NCCCCN1CCOCC1)NCCc1cc(C)ccc1OC.I. The molecule has 2 N–H and O–H groups in total. The van der Waals surface area contributed by atoms with E-state index in [2.05, 4.69) is 41.5 Å². The lowest BCUT2D eigenvalue weighted by Crippen LogP contribution is -2.38. The Balaban J connectivity index is 0.00000392. The van der Waals surface area contributed by atoms with Crippen LogP contribution in [0.4, 0.5) is 0 Å². The number of nitrogens with zero attached hydrogens (tertiary/aromatic N) is 2. The molecule has 1 fully saturated rings. The summed E-state index contributed by atoms with van der Waals surface area (Å²) in [5.74, 6) is 1.85. The molecule has 6 nitrogen and oxygen atoms in total. The summed E-state index contributed by atoms with van der Waals surface area (Å²) in [6.07, 6.45) is 3.20. The van der Waals surface area contributed by atoms with Gasteiger partial charge in [-0.2, -0.15) is 0 Å². The lowest BCUT2D eigenvalue weighted by atomic mass is 10.1. The molecule has 1 heterocycles. The maximum atomic E-state index is 5.46. The molecule has 0 saturated carbocycles. The van der Waals surface area contributed by atoms with Crippen molar-refractivity contribution >= 4 is 29.9 Å². The van der Waals surface area contributed by atoms with E-state index in [1.165, 1.54) is 17.5 Å². The number of morpholine rings is 1. The van der Waals surface area contributed by atoms with Crippen molar-refractivity contribution in [1.29, 1.82) is 0 Å². The van der Waals surface area contributed by atoms with Crippen molar-refractivity contribution in [3.8, 4) is 5.75 Å². The lowest BCUT2D eigenvalue weighted by molar-refractivity contribution is 0.0373. The first-order chi connectivity index (χ1) is 13.2. The van der Waals surface area contributed by atoms with Crippen molar-refractivity contribution in [3.63, 3.8) is 0 Å². The largest absolute Gasteiger partial charge is 0.496 e. The number of methoxy groups -OCH3 is 1. The highest BCUT2D eigenvalue weighted by molar-refractivity contribution is 14.0. The summed E-state index contributed by atoms with van der Waals surface area (Å²) in [7, 11) is 1.73. The summed E-state index contributed by atoms with van der Waals surface area (Å²) in [4.78, 5) is 7.19. The first kappa shape index (κ1) is 25.0. The number of hydrogen-bond acceptors (Lipinski definition) is 4. The Bertz CT molecular complexity index is 578. The van der Waals surface area contributed by atoms with Crippen LogP contribution in [0.1, 0.15) is 30.9 Å².